The SMILES string of the molecule is CN1CC(C(=O)N2C[C@@H](N)[C@H](c3ccccc3)C2)CC1=O. The van der Waals surface area contributed by atoms with Crippen molar-refractivity contribution in [2.45, 2.75) is 18.4 Å². The maximum atomic E-state index is 12.6. The Balaban J connectivity index is 1.69. The van der Waals surface area contributed by atoms with Gasteiger partial charge in [-0.15, -0.1) is 0 Å². The maximum Gasteiger partial charge on any atom is 0.228 e. The summed E-state index contributed by atoms with van der Waals surface area (Å²) in [6.07, 6.45) is 0.330. The zero-order valence-electron chi connectivity index (χ0n) is 12.2. The van der Waals surface area contributed by atoms with Crippen LogP contribution in [0.5, 0.6) is 0 Å². The molecule has 2 aliphatic rings. The van der Waals surface area contributed by atoms with E-state index >= 15 is 0 Å². The van der Waals surface area contributed by atoms with Gasteiger partial charge in [-0.1, -0.05) is 30.3 Å². The van der Waals surface area contributed by atoms with Gasteiger partial charge in [-0.25, -0.2) is 0 Å². The van der Waals surface area contributed by atoms with Gasteiger partial charge < -0.3 is 15.5 Å². The number of nitrogens with zero attached hydrogens (tertiary/aromatic N) is 2. The summed E-state index contributed by atoms with van der Waals surface area (Å²) < 4.78 is 0. The van der Waals surface area contributed by atoms with E-state index in [2.05, 4.69) is 12.1 Å². The van der Waals surface area contributed by atoms with E-state index < -0.39 is 0 Å². The molecule has 1 unspecified atom stereocenters. The summed E-state index contributed by atoms with van der Waals surface area (Å²) in [5.41, 5.74) is 7.40. The Morgan fingerprint density at radius 1 is 1.19 bits per heavy atom. The van der Waals surface area contributed by atoms with E-state index in [9.17, 15) is 9.59 Å². The molecule has 2 N–H and O–H groups in total. The van der Waals surface area contributed by atoms with Crippen molar-refractivity contribution in [3.63, 3.8) is 0 Å². The Morgan fingerprint density at radius 3 is 2.52 bits per heavy atom. The minimum Gasteiger partial charge on any atom is -0.345 e. The molecule has 1 aromatic carbocycles. The number of hydrogen-bond donors (Lipinski definition) is 1. The van der Waals surface area contributed by atoms with Crippen LogP contribution >= 0.6 is 0 Å². The Morgan fingerprint density at radius 2 is 1.90 bits per heavy atom. The molecular formula is C16H21N3O2. The monoisotopic (exact) mass is 287 g/mol. The molecule has 5 heteroatoms. The van der Waals surface area contributed by atoms with Gasteiger partial charge in [-0.05, 0) is 5.56 Å². The van der Waals surface area contributed by atoms with Gasteiger partial charge in [0.15, 0.2) is 0 Å². The van der Waals surface area contributed by atoms with Gasteiger partial charge in [-0.3, -0.25) is 9.59 Å². The number of nitrogens with two attached hydrogens (primary N) is 1. The topological polar surface area (TPSA) is 66.6 Å². The van der Waals surface area contributed by atoms with E-state index in [0.717, 1.165) is 0 Å². The summed E-state index contributed by atoms with van der Waals surface area (Å²) in [6.45, 7) is 1.75. The molecule has 2 amide bonds. The quantitative estimate of drug-likeness (QED) is 0.857. The van der Waals surface area contributed by atoms with Crippen molar-refractivity contribution < 1.29 is 9.59 Å². The lowest BCUT2D eigenvalue weighted by Gasteiger charge is -2.20. The number of carbonyl (C=O) groups is 2. The summed E-state index contributed by atoms with van der Waals surface area (Å²) in [5.74, 6) is 0.104. The van der Waals surface area contributed by atoms with E-state index in [1.807, 2.05) is 23.1 Å². The van der Waals surface area contributed by atoms with Gasteiger partial charge in [0.25, 0.3) is 0 Å². The van der Waals surface area contributed by atoms with E-state index in [1.165, 1.54) is 5.56 Å². The van der Waals surface area contributed by atoms with Gasteiger partial charge in [0, 0.05) is 45.1 Å². The Labute approximate surface area is 124 Å². The lowest BCUT2D eigenvalue weighted by Crippen LogP contribution is -2.37. The molecule has 0 saturated carbocycles. The van der Waals surface area contributed by atoms with Crippen LogP contribution in [0.25, 0.3) is 0 Å². The third-order valence-corrected chi connectivity index (χ3v) is 4.59. The Bertz CT molecular complexity index is 546. The largest absolute Gasteiger partial charge is 0.345 e. The summed E-state index contributed by atoms with van der Waals surface area (Å²) >= 11 is 0. The van der Waals surface area contributed by atoms with Crippen LogP contribution in [-0.4, -0.2) is 54.3 Å². The first-order valence-corrected chi connectivity index (χ1v) is 7.39. The maximum absolute atomic E-state index is 12.6. The first-order valence-electron chi connectivity index (χ1n) is 7.39. The van der Waals surface area contributed by atoms with Crippen molar-refractivity contribution >= 4 is 11.8 Å². The molecule has 5 nitrogen and oxygen atoms in total. The van der Waals surface area contributed by atoms with Crippen LogP contribution in [0.2, 0.25) is 0 Å². The first-order chi connectivity index (χ1) is 10.1. The van der Waals surface area contributed by atoms with Crippen molar-refractivity contribution in [1.29, 1.82) is 0 Å². The molecule has 0 aliphatic carbocycles. The minimum atomic E-state index is -0.204. The molecule has 2 fully saturated rings. The third kappa shape index (κ3) is 2.65. The van der Waals surface area contributed by atoms with Gasteiger partial charge >= 0.3 is 0 Å². The molecule has 0 bridgehead atoms. The molecule has 3 atom stereocenters. The highest BCUT2D eigenvalue weighted by Crippen LogP contribution is 2.29. The van der Waals surface area contributed by atoms with Crippen LogP contribution in [0.3, 0.4) is 0 Å². The molecule has 112 valence electrons. The number of carbonyl (C=O) groups excluding carboxylic acids is 2. The smallest absolute Gasteiger partial charge is 0.228 e. The summed E-state index contributed by atoms with van der Waals surface area (Å²) in [5, 5.41) is 0. The second-order valence-electron chi connectivity index (χ2n) is 6.10. The molecule has 1 aromatic rings. The number of rotatable bonds is 2. The zero-order valence-corrected chi connectivity index (χ0v) is 12.2. The van der Waals surface area contributed by atoms with Crippen molar-refractivity contribution in [3.05, 3.63) is 35.9 Å². The van der Waals surface area contributed by atoms with Crippen LogP contribution in [-0.2, 0) is 9.59 Å². The van der Waals surface area contributed by atoms with Crippen LogP contribution in [0.1, 0.15) is 17.9 Å². The van der Waals surface area contributed by atoms with Crippen molar-refractivity contribution in [2.24, 2.45) is 11.7 Å². The van der Waals surface area contributed by atoms with Crippen molar-refractivity contribution in [1.82, 2.24) is 9.80 Å². The Hall–Kier alpha value is -1.88. The fourth-order valence-corrected chi connectivity index (χ4v) is 3.35. The molecule has 0 aromatic heterocycles. The second-order valence-corrected chi connectivity index (χ2v) is 6.10. The molecule has 3 rings (SSSR count). The molecular weight excluding hydrogens is 266 g/mol. The number of hydrogen-bond acceptors (Lipinski definition) is 3. The average Bonchev–Trinajstić information content (AvgIpc) is 3.03. The van der Waals surface area contributed by atoms with Gasteiger partial charge in [0.1, 0.15) is 0 Å². The van der Waals surface area contributed by atoms with E-state index in [0.29, 0.717) is 26.1 Å². The summed E-state index contributed by atoms with van der Waals surface area (Å²) in [7, 11) is 1.75. The molecule has 2 saturated heterocycles. The number of amides is 2. The Kier molecular flexibility index (Phi) is 3.68. The molecule has 21 heavy (non-hydrogen) atoms. The summed E-state index contributed by atoms with van der Waals surface area (Å²) in [4.78, 5) is 27.6. The average molecular weight is 287 g/mol. The lowest BCUT2D eigenvalue weighted by atomic mass is 9.95. The highest BCUT2D eigenvalue weighted by Gasteiger charge is 2.39. The second kappa shape index (κ2) is 5.48. The van der Waals surface area contributed by atoms with Gasteiger partial charge in [0.2, 0.25) is 11.8 Å². The predicted octanol–water partition coefficient (Wildman–Crippen LogP) is 0.418. The zero-order chi connectivity index (χ0) is 15.0. The highest BCUT2D eigenvalue weighted by molar-refractivity contribution is 5.89. The van der Waals surface area contributed by atoms with Crippen LogP contribution < -0.4 is 5.73 Å². The van der Waals surface area contributed by atoms with Crippen LogP contribution in [0, 0.1) is 5.92 Å². The highest BCUT2D eigenvalue weighted by atomic mass is 16.2. The van der Waals surface area contributed by atoms with E-state index in [4.69, 9.17) is 5.73 Å². The van der Waals surface area contributed by atoms with Gasteiger partial charge in [0.05, 0.1) is 5.92 Å². The van der Waals surface area contributed by atoms with Crippen molar-refractivity contribution in [2.75, 3.05) is 26.7 Å². The van der Waals surface area contributed by atoms with Gasteiger partial charge in [-0.2, -0.15) is 0 Å². The minimum absolute atomic E-state index is 0.0359. The van der Waals surface area contributed by atoms with Crippen LogP contribution in [0.4, 0.5) is 0 Å². The van der Waals surface area contributed by atoms with E-state index in [1.54, 1.807) is 11.9 Å². The molecule has 0 spiro atoms. The lowest BCUT2D eigenvalue weighted by molar-refractivity contribution is -0.134. The standard InChI is InChI=1S/C16H21N3O2/c1-18-8-12(7-15(18)20)16(21)19-9-13(14(17)10-19)11-5-3-2-4-6-11/h2-6,12-14H,7-10,17H2,1H3/t12?,13-,14+/m0/s1. The van der Waals surface area contributed by atoms with E-state index in [-0.39, 0.29) is 29.7 Å². The number of benzene rings is 1. The third-order valence-electron chi connectivity index (χ3n) is 4.59. The fourth-order valence-electron chi connectivity index (χ4n) is 3.35. The molecule has 2 aliphatic heterocycles. The van der Waals surface area contributed by atoms with Crippen molar-refractivity contribution in [3.8, 4) is 0 Å². The molecule has 2 heterocycles. The number of likely N-dealkylation sites (tertiary alicyclic amines) is 2. The molecule has 0 radical (unpaired) electrons. The predicted molar refractivity (Wildman–Crippen MR) is 79.5 cm³/mol. The first kappa shape index (κ1) is 14.1. The van der Waals surface area contributed by atoms with Crippen LogP contribution in [0.15, 0.2) is 30.3 Å². The summed E-state index contributed by atoms with van der Waals surface area (Å²) in [6, 6.07) is 10.1. The normalized spacial score (nSPS) is 29.2. The fraction of sp³-hybridized carbons (Fsp3) is 0.500.